The average Bonchev–Trinajstić information content (AvgIpc) is 0. The van der Waals surface area contributed by atoms with Gasteiger partial charge in [-0.05, 0) is 0 Å². The van der Waals surface area contributed by atoms with Crippen molar-refractivity contribution in [2.75, 3.05) is 0 Å². The normalized spacial score (nSPS) is 0. The maximum atomic E-state index is 0. The molecule has 0 unspecified atom stereocenters. The summed E-state index contributed by atoms with van der Waals surface area (Å²) >= 11 is 0. The van der Waals surface area contributed by atoms with E-state index >= 15 is 0 Å². The molecule has 16 valence electrons. The van der Waals surface area contributed by atoms with Crippen LogP contribution in [0.2, 0.25) is 0 Å². The quantitative estimate of drug-likeness (QED) is 0.288. The summed E-state index contributed by atoms with van der Waals surface area (Å²) in [6.45, 7) is 0. The van der Waals surface area contributed by atoms with Crippen molar-refractivity contribution >= 4 is 40.4 Å². The second-order valence-electron chi connectivity index (χ2n) is 0. The van der Waals surface area contributed by atoms with E-state index in [0.29, 0.717) is 0 Å². The second kappa shape index (κ2) is 23.9. The van der Waals surface area contributed by atoms with Crippen molar-refractivity contribution in [1.82, 2.24) is 0 Å². The van der Waals surface area contributed by atoms with Gasteiger partial charge in [-0.2, -0.15) is 0 Å². The topological polar surface area (TPSA) is 30.0 Å². The van der Waals surface area contributed by atoms with Crippen LogP contribution in [0.25, 0.3) is 0 Å². The molecule has 0 aliphatic carbocycles. The van der Waals surface area contributed by atoms with E-state index in [2.05, 4.69) is 0 Å². The van der Waals surface area contributed by atoms with Crippen molar-refractivity contribution in [1.29, 1.82) is 0 Å². The summed E-state index contributed by atoms with van der Waals surface area (Å²) in [4.78, 5) is 0. The Bertz CT molecular complexity index is 8.00. The van der Waals surface area contributed by atoms with Gasteiger partial charge < -0.3 is 17.9 Å². The summed E-state index contributed by atoms with van der Waals surface area (Å²) in [6.07, 6.45) is 0. The predicted octanol–water partition coefficient (Wildman–Crippen LogP) is -3.93. The summed E-state index contributed by atoms with van der Waals surface area (Å²) in [6, 6.07) is 0. The van der Waals surface area contributed by atoms with Crippen molar-refractivity contribution in [3.05, 3.63) is 0 Å². The molecule has 0 atom stereocenters. The fraction of sp³-hybridized carbons (Fsp3) is 0. The molecule has 0 aliphatic heterocycles. The van der Waals surface area contributed by atoms with Crippen molar-refractivity contribution in [2.45, 2.75) is 0 Å². The molecule has 0 bridgehead atoms. The van der Waals surface area contributed by atoms with Crippen LogP contribution in [-0.2, 0) is 0 Å². The third kappa shape index (κ3) is 9.61. The van der Waals surface area contributed by atoms with Crippen molar-refractivity contribution in [3.63, 3.8) is 0 Å². The zero-order chi connectivity index (χ0) is 0. The number of rotatable bonds is 0. The van der Waals surface area contributed by atoms with E-state index in [9.17, 15) is 0 Å². The largest absolute Gasteiger partial charge is 3.00 e. The Morgan fingerprint density at radius 2 is 1.00 bits per heavy atom. The van der Waals surface area contributed by atoms with E-state index < -0.39 is 0 Å². The summed E-state index contributed by atoms with van der Waals surface area (Å²) in [5.41, 5.74) is 0. The minimum Gasteiger partial charge on any atom is -1.00 e. The molecule has 4 heavy (non-hydrogen) atoms. The Morgan fingerprint density at radius 3 is 1.00 bits per heavy atom. The molecule has 0 saturated carbocycles. The Labute approximate surface area is 58.1 Å². The average molecular weight is 104 g/mol. The summed E-state index contributed by atoms with van der Waals surface area (Å²) in [5, 5.41) is 0. The molecule has 0 heterocycles. The first-order chi connectivity index (χ1) is 0. The van der Waals surface area contributed by atoms with Gasteiger partial charge in [0.1, 0.15) is 0 Å². The smallest absolute Gasteiger partial charge is 1.00 e. The molecule has 0 aromatic heterocycles. The van der Waals surface area contributed by atoms with Gasteiger partial charge in [-0.15, -0.1) is 0 Å². The van der Waals surface area contributed by atoms with Crippen LogP contribution in [0.15, 0.2) is 0 Å². The molecule has 1 N–H and O–H groups in total. The van der Waals surface area contributed by atoms with Crippen molar-refractivity contribution in [2.24, 2.45) is 0 Å². The summed E-state index contributed by atoms with van der Waals surface area (Å²) in [5.74, 6) is 0. The van der Waals surface area contributed by atoms with Crippen molar-refractivity contribution < 1.29 is 17.9 Å². The van der Waals surface area contributed by atoms with Gasteiger partial charge in [0.2, 0.25) is 0 Å². The van der Waals surface area contributed by atoms with Gasteiger partial charge in [-0.25, -0.2) is 0 Å². The zero-order valence-electron chi connectivity index (χ0n) is 2.11. The summed E-state index contributed by atoms with van der Waals surface area (Å²) in [7, 11) is 0. The van der Waals surface area contributed by atoms with Crippen LogP contribution in [0, 0.1) is 0 Å². The Kier molecular flexibility index (Phi) is 286. The molecule has 1 nitrogen and oxygen atoms in total. The summed E-state index contributed by atoms with van der Waals surface area (Å²) < 4.78 is 0. The SMILES string of the molecule is [Al+3].[Cl-].[Mg+2].[OH-]. The maximum absolute atomic E-state index is 0. The van der Waals surface area contributed by atoms with Crippen LogP contribution in [0.4, 0.5) is 0 Å². The Balaban J connectivity index is 0. The van der Waals surface area contributed by atoms with E-state index in [1.165, 1.54) is 0 Å². The van der Waals surface area contributed by atoms with E-state index in [4.69, 9.17) is 0 Å². The fourth-order valence-electron chi connectivity index (χ4n) is 0. The fourth-order valence-corrected chi connectivity index (χ4v) is 0. The molecule has 0 aliphatic rings. The minimum atomic E-state index is 0. The third-order valence-corrected chi connectivity index (χ3v) is 0. The standard InChI is InChI=1S/Al.ClH.Mg.H2O/h;1H;;1H2/q+3;;+2;/p-2. The number of hydrogen-bond acceptors (Lipinski definition) is 1. The molecule has 0 aromatic rings. The van der Waals surface area contributed by atoms with E-state index in [0.717, 1.165) is 0 Å². The van der Waals surface area contributed by atoms with Gasteiger partial charge in [-0.3, -0.25) is 0 Å². The molecule has 0 fully saturated rings. The first-order valence-corrected chi connectivity index (χ1v) is 0. The van der Waals surface area contributed by atoms with Gasteiger partial charge in [0.25, 0.3) is 0 Å². The predicted molar refractivity (Wildman–Crippen MR) is 13.4 cm³/mol. The Hall–Kier alpha value is 1.55. The first kappa shape index (κ1) is 47.9. The number of halogens is 1. The van der Waals surface area contributed by atoms with Gasteiger partial charge >= 0.3 is 40.4 Å². The maximum Gasteiger partial charge on any atom is 3.00 e. The molecule has 0 saturated heterocycles. The van der Waals surface area contributed by atoms with Crippen LogP contribution in [0.3, 0.4) is 0 Å². The molecular formula is HAlClMgO+3. The molecule has 4 heteroatoms. The van der Waals surface area contributed by atoms with E-state index in [-0.39, 0.29) is 58.3 Å². The first-order valence-electron chi connectivity index (χ1n) is 0. The van der Waals surface area contributed by atoms with Gasteiger partial charge in [-0.1, -0.05) is 0 Å². The Morgan fingerprint density at radius 1 is 1.00 bits per heavy atom. The van der Waals surface area contributed by atoms with Crippen LogP contribution in [0.1, 0.15) is 0 Å². The van der Waals surface area contributed by atoms with Crippen molar-refractivity contribution in [3.8, 4) is 0 Å². The molecule has 0 aromatic carbocycles. The monoisotopic (exact) mass is 103 g/mol. The van der Waals surface area contributed by atoms with Gasteiger partial charge in [0.15, 0.2) is 0 Å². The molecule has 0 rings (SSSR count). The van der Waals surface area contributed by atoms with Crippen LogP contribution >= 0.6 is 0 Å². The van der Waals surface area contributed by atoms with Crippen LogP contribution < -0.4 is 12.4 Å². The van der Waals surface area contributed by atoms with Crippen LogP contribution in [-0.4, -0.2) is 45.9 Å². The third-order valence-electron chi connectivity index (χ3n) is 0. The minimum absolute atomic E-state index is 0. The zero-order valence-corrected chi connectivity index (χ0v) is 5.43. The molecule has 0 spiro atoms. The second-order valence-corrected chi connectivity index (χ2v) is 0. The molecular weight excluding hydrogens is 103 g/mol. The molecule has 0 radical (unpaired) electrons. The van der Waals surface area contributed by atoms with E-state index in [1.54, 1.807) is 0 Å². The van der Waals surface area contributed by atoms with Gasteiger partial charge in [0, 0.05) is 0 Å². The molecule has 0 amide bonds. The van der Waals surface area contributed by atoms with Gasteiger partial charge in [0.05, 0.1) is 0 Å². The number of hydrogen-bond donors (Lipinski definition) is 0. The van der Waals surface area contributed by atoms with E-state index in [1.807, 2.05) is 0 Å². The van der Waals surface area contributed by atoms with Crippen LogP contribution in [0.5, 0.6) is 0 Å².